The van der Waals surface area contributed by atoms with Gasteiger partial charge >= 0.3 is 0 Å². The molecule has 1 aliphatic carbocycles. The van der Waals surface area contributed by atoms with Gasteiger partial charge in [-0.1, -0.05) is 46.0 Å². The van der Waals surface area contributed by atoms with Crippen molar-refractivity contribution < 1.29 is 0 Å². The molecule has 0 spiro atoms. The van der Waals surface area contributed by atoms with Gasteiger partial charge in [0, 0.05) is 6.04 Å². The molecule has 1 aliphatic rings. The number of unbranched alkanes of at least 4 members (excludes halogenated alkanes) is 4. The first-order chi connectivity index (χ1) is 9.24. The Morgan fingerprint density at radius 3 is 2.21 bits per heavy atom. The highest BCUT2D eigenvalue weighted by Gasteiger charge is 2.21. The molecule has 1 fully saturated rings. The summed E-state index contributed by atoms with van der Waals surface area (Å²) in [5, 5.41) is 0. The summed E-state index contributed by atoms with van der Waals surface area (Å²) in [5.41, 5.74) is 5.53. The quantitative estimate of drug-likeness (QED) is 0.569. The second-order valence-electron chi connectivity index (χ2n) is 6.71. The van der Waals surface area contributed by atoms with Crippen molar-refractivity contribution in [3.63, 3.8) is 0 Å². The number of rotatable bonds is 11. The molecule has 1 rings (SSSR count). The van der Waals surface area contributed by atoms with Crippen LogP contribution in [0.2, 0.25) is 0 Å². The zero-order chi connectivity index (χ0) is 13.9. The lowest BCUT2D eigenvalue weighted by molar-refractivity contribution is 0.184. The van der Waals surface area contributed by atoms with Crippen LogP contribution in [0.4, 0.5) is 0 Å². The molecule has 2 heteroatoms. The van der Waals surface area contributed by atoms with Crippen molar-refractivity contribution in [1.29, 1.82) is 0 Å². The standard InChI is InChI=1S/C17H36N2/c1-16(2)12-15-19(17-10-6-7-11-17)14-9-5-3-4-8-13-18/h16-17H,3-15,18H2,1-2H3. The minimum absolute atomic E-state index is 0.841. The van der Waals surface area contributed by atoms with E-state index in [1.165, 1.54) is 77.3 Å². The van der Waals surface area contributed by atoms with E-state index in [9.17, 15) is 0 Å². The molecule has 0 aliphatic heterocycles. The molecule has 2 N–H and O–H groups in total. The van der Waals surface area contributed by atoms with E-state index in [0.717, 1.165) is 18.5 Å². The predicted octanol–water partition coefficient (Wildman–Crippen LogP) is 4.19. The Labute approximate surface area is 121 Å². The van der Waals surface area contributed by atoms with Crippen LogP contribution in [-0.4, -0.2) is 30.6 Å². The fraction of sp³-hybridized carbons (Fsp3) is 1.00. The molecule has 114 valence electrons. The average molecular weight is 268 g/mol. The summed E-state index contributed by atoms with van der Waals surface area (Å²) in [6.45, 7) is 8.22. The van der Waals surface area contributed by atoms with Gasteiger partial charge in [0.2, 0.25) is 0 Å². The highest BCUT2D eigenvalue weighted by Crippen LogP contribution is 2.24. The first kappa shape index (κ1) is 17.0. The fourth-order valence-electron chi connectivity index (χ4n) is 3.16. The highest BCUT2D eigenvalue weighted by atomic mass is 15.2. The van der Waals surface area contributed by atoms with Crippen LogP contribution >= 0.6 is 0 Å². The van der Waals surface area contributed by atoms with Crippen LogP contribution in [-0.2, 0) is 0 Å². The van der Waals surface area contributed by atoms with E-state index < -0.39 is 0 Å². The maximum Gasteiger partial charge on any atom is 0.00952 e. The van der Waals surface area contributed by atoms with Crippen molar-refractivity contribution in [3.8, 4) is 0 Å². The minimum atomic E-state index is 0.841. The van der Waals surface area contributed by atoms with Gasteiger partial charge in [0.15, 0.2) is 0 Å². The second kappa shape index (κ2) is 10.7. The average Bonchev–Trinajstić information content (AvgIpc) is 2.90. The van der Waals surface area contributed by atoms with Gasteiger partial charge in [-0.3, -0.25) is 0 Å². The van der Waals surface area contributed by atoms with E-state index in [2.05, 4.69) is 18.7 Å². The largest absolute Gasteiger partial charge is 0.330 e. The highest BCUT2D eigenvalue weighted by molar-refractivity contribution is 4.77. The lowest BCUT2D eigenvalue weighted by Crippen LogP contribution is -2.35. The Morgan fingerprint density at radius 1 is 0.947 bits per heavy atom. The van der Waals surface area contributed by atoms with Crippen molar-refractivity contribution in [1.82, 2.24) is 4.90 Å². The van der Waals surface area contributed by atoms with Gasteiger partial charge in [-0.2, -0.15) is 0 Å². The third-order valence-electron chi connectivity index (χ3n) is 4.48. The van der Waals surface area contributed by atoms with Crippen molar-refractivity contribution in [3.05, 3.63) is 0 Å². The third-order valence-corrected chi connectivity index (χ3v) is 4.48. The Balaban J connectivity index is 2.16. The Bertz CT molecular complexity index is 197. The molecule has 0 bridgehead atoms. The van der Waals surface area contributed by atoms with Gasteiger partial charge in [-0.25, -0.2) is 0 Å². The molecular weight excluding hydrogens is 232 g/mol. The molecule has 0 amide bonds. The van der Waals surface area contributed by atoms with Gasteiger partial charge in [0.1, 0.15) is 0 Å². The van der Waals surface area contributed by atoms with Crippen LogP contribution in [0.3, 0.4) is 0 Å². The van der Waals surface area contributed by atoms with Crippen LogP contribution < -0.4 is 5.73 Å². The minimum Gasteiger partial charge on any atom is -0.330 e. The van der Waals surface area contributed by atoms with Crippen LogP contribution in [0.25, 0.3) is 0 Å². The zero-order valence-corrected chi connectivity index (χ0v) is 13.4. The maximum absolute atomic E-state index is 5.53. The summed E-state index contributed by atoms with van der Waals surface area (Å²) in [4.78, 5) is 2.80. The molecule has 19 heavy (non-hydrogen) atoms. The lowest BCUT2D eigenvalue weighted by atomic mass is 10.1. The van der Waals surface area contributed by atoms with Gasteiger partial charge in [0.05, 0.1) is 0 Å². The van der Waals surface area contributed by atoms with Crippen LogP contribution in [0, 0.1) is 5.92 Å². The maximum atomic E-state index is 5.53. The second-order valence-corrected chi connectivity index (χ2v) is 6.71. The Hall–Kier alpha value is -0.0800. The van der Waals surface area contributed by atoms with E-state index in [0.29, 0.717) is 0 Å². The Kier molecular flexibility index (Phi) is 9.54. The first-order valence-electron chi connectivity index (χ1n) is 8.68. The van der Waals surface area contributed by atoms with Gasteiger partial charge in [-0.15, -0.1) is 0 Å². The molecule has 0 aromatic heterocycles. The smallest absolute Gasteiger partial charge is 0.00952 e. The van der Waals surface area contributed by atoms with E-state index in [1.54, 1.807) is 0 Å². The summed E-state index contributed by atoms with van der Waals surface area (Å²) in [7, 11) is 0. The zero-order valence-electron chi connectivity index (χ0n) is 13.4. The lowest BCUT2D eigenvalue weighted by Gasteiger charge is -2.29. The molecular formula is C17H36N2. The SMILES string of the molecule is CC(C)CCN(CCCCCCCN)C1CCCC1. The molecule has 0 aromatic carbocycles. The molecule has 0 radical (unpaired) electrons. The molecule has 0 unspecified atom stereocenters. The first-order valence-corrected chi connectivity index (χ1v) is 8.68. The van der Waals surface area contributed by atoms with Crippen molar-refractivity contribution in [2.75, 3.05) is 19.6 Å². The van der Waals surface area contributed by atoms with E-state index in [1.807, 2.05) is 0 Å². The molecule has 0 saturated heterocycles. The normalized spacial score (nSPS) is 16.9. The predicted molar refractivity (Wildman–Crippen MR) is 85.4 cm³/mol. The molecule has 0 aromatic rings. The summed E-state index contributed by atoms with van der Waals surface area (Å²) >= 11 is 0. The monoisotopic (exact) mass is 268 g/mol. The van der Waals surface area contributed by atoms with Crippen LogP contribution in [0.15, 0.2) is 0 Å². The molecule has 2 nitrogen and oxygen atoms in total. The fourth-order valence-corrected chi connectivity index (χ4v) is 3.16. The van der Waals surface area contributed by atoms with E-state index in [4.69, 9.17) is 5.73 Å². The van der Waals surface area contributed by atoms with E-state index in [-0.39, 0.29) is 0 Å². The topological polar surface area (TPSA) is 29.3 Å². The van der Waals surface area contributed by atoms with Crippen LogP contribution in [0.1, 0.15) is 78.1 Å². The number of hydrogen-bond donors (Lipinski definition) is 1. The van der Waals surface area contributed by atoms with Crippen molar-refractivity contribution >= 4 is 0 Å². The van der Waals surface area contributed by atoms with Gasteiger partial charge in [-0.05, 0) is 57.7 Å². The number of hydrogen-bond acceptors (Lipinski definition) is 2. The Morgan fingerprint density at radius 2 is 1.58 bits per heavy atom. The molecule has 0 heterocycles. The summed E-state index contributed by atoms with van der Waals surface area (Å²) in [6.07, 6.45) is 13.9. The van der Waals surface area contributed by atoms with Crippen molar-refractivity contribution in [2.24, 2.45) is 11.7 Å². The number of nitrogens with zero attached hydrogens (tertiary/aromatic N) is 1. The molecule has 1 saturated carbocycles. The van der Waals surface area contributed by atoms with E-state index >= 15 is 0 Å². The number of nitrogens with two attached hydrogens (primary N) is 1. The molecule has 0 atom stereocenters. The summed E-state index contributed by atoms with van der Waals surface area (Å²) < 4.78 is 0. The van der Waals surface area contributed by atoms with Crippen LogP contribution in [0.5, 0.6) is 0 Å². The van der Waals surface area contributed by atoms with Gasteiger partial charge < -0.3 is 10.6 Å². The van der Waals surface area contributed by atoms with Gasteiger partial charge in [0.25, 0.3) is 0 Å². The summed E-state index contributed by atoms with van der Waals surface area (Å²) in [5.74, 6) is 0.841. The third kappa shape index (κ3) is 7.94. The summed E-state index contributed by atoms with van der Waals surface area (Å²) in [6, 6.07) is 0.905. The van der Waals surface area contributed by atoms with Crippen molar-refractivity contribution in [2.45, 2.75) is 84.1 Å².